The van der Waals surface area contributed by atoms with Crippen molar-refractivity contribution in [3.05, 3.63) is 131 Å². The number of ether oxygens (including phenoxy) is 1. The third-order valence-corrected chi connectivity index (χ3v) is 9.92. The number of rotatable bonds is 10. The van der Waals surface area contributed by atoms with Gasteiger partial charge in [0.1, 0.15) is 18.1 Å². The summed E-state index contributed by atoms with van der Waals surface area (Å²) in [5, 5.41) is 40.8. The molecule has 0 spiro atoms. The van der Waals surface area contributed by atoms with E-state index in [1.807, 2.05) is 72.8 Å². The number of phenols is 1. The number of hydrogen-bond acceptors (Lipinski definition) is 8. The molecule has 2 saturated heterocycles. The van der Waals surface area contributed by atoms with Crippen molar-refractivity contribution in [2.45, 2.75) is 31.7 Å². The first-order chi connectivity index (χ1) is 24.3. The van der Waals surface area contributed by atoms with Gasteiger partial charge in [-0.1, -0.05) is 78.9 Å². The summed E-state index contributed by atoms with van der Waals surface area (Å²) >= 11 is 0. The maximum atomic E-state index is 14.2. The first kappa shape index (κ1) is 33.6. The average Bonchev–Trinajstić information content (AvgIpc) is 3.38. The molecule has 7 rings (SSSR count). The van der Waals surface area contributed by atoms with E-state index in [-0.39, 0.29) is 48.1 Å². The molecule has 3 aliphatic rings. The largest absolute Gasteiger partial charge is 0.508 e. The molecule has 0 unspecified atom stereocenters. The third kappa shape index (κ3) is 6.90. The number of benzene rings is 4. The lowest BCUT2D eigenvalue weighted by atomic mass is 9.58. The standard InChI is InChI=1S/C39H37B2NO8/c43-31-14-7-9-25(20-31)19-27(26-10-3-1-4-11-26)17-18-35-36-28(24-49-32-15-5-2-6-16-32)21-33-37(34(36)23-40(46)50-35)39(45)42(38(33)44)30-13-8-12-29(22-30)41(47)48/h1-16,19-20,22,33-35,37,43,46-48H,17-18,21,23-24H2/b27-19-/t33-,34+,35-,37-/m1/s1. The van der Waals surface area contributed by atoms with Crippen molar-refractivity contribution < 1.29 is 39.2 Å². The first-order valence-corrected chi connectivity index (χ1v) is 16.9. The molecule has 2 heterocycles. The van der Waals surface area contributed by atoms with E-state index in [9.17, 15) is 29.8 Å². The smallest absolute Gasteiger partial charge is 0.488 e. The number of nitrogens with zero attached hydrogens (tertiary/aromatic N) is 1. The fraction of sp³-hybridized carbons (Fsp3) is 0.231. The van der Waals surface area contributed by atoms with Gasteiger partial charge in [-0.2, -0.15) is 0 Å². The van der Waals surface area contributed by atoms with Gasteiger partial charge in [0.25, 0.3) is 0 Å². The molecule has 4 atom stereocenters. The van der Waals surface area contributed by atoms with Gasteiger partial charge in [-0.05, 0) is 101 Å². The molecule has 4 aromatic carbocycles. The molecule has 0 saturated carbocycles. The van der Waals surface area contributed by atoms with Crippen molar-refractivity contribution in [3.63, 3.8) is 0 Å². The van der Waals surface area contributed by atoms with Crippen molar-refractivity contribution in [1.82, 2.24) is 0 Å². The zero-order valence-electron chi connectivity index (χ0n) is 27.3. The Labute approximate surface area is 291 Å². The fourth-order valence-corrected chi connectivity index (χ4v) is 7.72. The Kier molecular flexibility index (Phi) is 9.74. The lowest BCUT2D eigenvalue weighted by Crippen LogP contribution is -2.46. The van der Waals surface area contributed by atoms with Crippen LogP contribution < -0.4 is 15.1 Å². The summed E-state index contributed by atoms with van der Waals surface area (Å²) in [6.45, 7) is 0.188. The van der Waals surface area contributed by atoms with E-state index < -0.39 is 38.1 Å². The average molecular weight is 669 g/mol. The second-order valence-corrected chi connectivity index (χ2v) is 13.1. The summed E-state index contributed by atoms with van der Waals surface area (Å²) in [6.07, 6.45) is 2.95. The molecule has 0 radical (unpaired) electrons. The maximum Gasteiger partial charge on any atom is 0.488 e. The highest BCUT2D eigenvalue weighted by molar-refractivity contribution is 6.58. The molecule has 252 valence electrons. The van der Waals surface area contributed by atoms with Gasteiger partial charge < -0.3 is 29.6 Å². The van der Waals surface area contributed by atoms with Crippen LogP contribution in [0.1, 0.15) is 30.4 Å². The van der Waals surface area contributed by atoms with Crippen LogP contribution in [0.2, 0.25) is 6.32 Å². The fourth-order valence-electron chi connectivity index (χ4n) is 7.72. The van der Waals surface area contributed by atoms with Crippen LogP contribution in [0.3, 0.4) is 0 Å². The Balaban J connectivity index is 1.24. The van der Waals surface area contributed by atoms with Crippen molar-refractivity contribution in [2.24, 2.45) is 17.8 Å². The molecule has 1 aliphatic carbocycles. The molecular weight excluding hydrogens is 632 g/mol. The van der Waals surface area contributed by atoms with Crippen molar-refractivity contribution in [3.8, 4) is 11.5 Å². The molecule has 4 N–H and O–H groups in total. The van der Waals surface area contributed by atoms with E-state index in [1.165, 1.54) is 12.1 Å². The molecule has 0 bridgehead atoms. The normalized spacial score (nSPS) is 22.0. The van der Waals surface area contributed by atoms with Gasteiger partial charge in [-0.3, -0.25) is 14.5 Å². The minimum atomic E-state index is -1.76. The minimum absolute atomic E-state index is 0.148. The number of para-hydroxylation sites is 1. The highest BCUT2D eigenvalue weighted by Gasteiger charge is 2.57. The van der Waals surface area contributed by atoms with Crippen LogP contribution in [0.5, 0.6) is 11.5 Å². The molecular formula is C39H37B2NO8. The predicted molar refractivity (Wildman–Crippen MR) is 192 cm³/mol. The Morgan fingerprint density at radius 3 is 2.38 bits per heavy atom. The number of hydrogen-bond donors (Lipinski definition) is 4. The molecule has 2 aliphatic heterocycles. The van der Waals surface area contributed by atoms with Crippen LogP contribution in [0, 0.1) is 17.8 Å². The number of imide groups is 1. The van der Waals surface area contributed by atoms with Gasteiger partial charge in [0.05, 0.1) is 23.6 Å². The van der Waals surface area contributed by atoms with Crippen molar-refractivity contribution in [2.75, 3.05) is 11.5 Å². The van der Waals surface area contributed by atoms with Gasteiger partial charge in [-0.25, -0.2) is 0 Å². The number of aromatic hydroxyl groups is 1. The van der Waals surface area contributed by atoms with E-state index in [2.05, 4.69) is 0 Å². The predicted octanol–water partition coefficient (Wildman–Crippen LogP) is 4.47. The minimum Gasteiger partial charge on any atom is -0.508 e. The van der Waals surface area contributed by atoms with Gasteiger partial charge >= 0.3 is 14.2 Å². The molecule has 4 aromatic rings. The lowest BCUT2D eigenvalue weighted by Gasteiger charge is -2.43. The summed E-state index contributed by atoms with van der Waals surface area (Å²) in [6, 6.07) is 32.5. The summed E-state index contributed by atoms with van der Waals surface area (Å²) in [5.74, 6) is -1.77. The Hall–Kier alpha value is -4.93. The monoisotopic (exact) mass is 669 g/mol. The number of anilines is 1. The van der Waals surface area contributed by atoms with Crippen molar-refractivity contribution >= 4 is 48.9 Å². The highest BCUT2D eigenvalue weighted by atomic mass is 16.5. The van der Waals surface area contributed by atoms with Crippen molar-refractivity contribution in [1.29, 1.82) is 0 Å². The number of carbonyl (C=O) groups excluding carboxylic acids is 2. The zero-order valence-corrected chi connectivity index (χ0v) is 27.3. The molecule has 9 nitrogen and oxygen atoms in total. The van der Waals surface area contributed by atoms with Crippen LogP contribution in [-0.4, -0.2) is 58.9 Å². The van der Waals surface area contributed by atoms with Crippen LogP contribution in [0.15, 0.2) is 120 Å². The van der Waals surface area contributed by atoms with E-state index in [0.29, 0.717) is 18.6 Å². The lowest BCUT2D eigenvalue weighted by molar-refractivity contribution is -0.122. The van der Waals surface area contributed by atoms with E-state index in [4.69, 9.17) is 9.39 Å². The second-order valence-electron chi connectivity index (χ2n) is 13.1. The third-order valence-electron chi connectivity index (χ3n) is 9.92. The number of amides is 2. The van der Waals surface area contributed by atoms with Gasteiger partial charge in [0.2, 0.25) is 11.8 Å². The van der Waals surface area contributed by atoms with Gasteiger partial charge in [-0.15, -0.1) is 0 Å². The summed E-state index contributed by atoms with van der Waals surface area (Å²) < 4.78 is 12.5. The van der Waals surface area contributed by atoms with Crippen LogP contribution >= 0.6 is 0 Å². The van der Waals surface area contributed by atoms with Gasteiger partial charge in [0.15, 0.2) is 0 Å². The highest BCUT2D eigenvalue weighted by Crippen LogP contribution is 2.51. The molecule has 2 fully saturated rings. The van der Waals surface area contributed by atoms with E-state index in [1.54, 1.807) is 30.3 Å². The van der Waals surface area contributed by atoms with Gasteiger partial charge in [0, 0.05) is 0 Å². The number of fused-ring (bicyclic) bond motifs is 3. The van der Waals surface area contributed by atoms with Crippen LogP contribution in [0.4, 0.5) is 5.69 Å². The zero-order chi connectivity index (χ0) is 34.8. The molecule has 50 heavy (non-hydrogen) atoms. The van der Waals surface area contributed by atoms with Crippen LogP contribution in [-0.2, 0) is 14.2 Å². The van der Waals surface area contributed by atoms with E-state index >= 15 is 0 Å². The molecule has 0 aromatic heterocycles. The summed E-state index contributed by atoms with van der Waals surface area (Å²) in [4.78, 5) is 29.5. The second kappa shape index (κ2) is 14.5. The Morgan fingerprint density at radius 2 is 1.64 bits per heavy atom. The summed E-state index contributed by atoms with van der Waals surface area (Å²) in [7, 11) is -2.90. The quantitative estimate of drug-likeness (QED) is 0.0841. The SMILES string of the molecule is O=C1[C@@H]2[C@@H](CC(COc3ccccc3)=C3[C@@H](CC/C(=C/c4cccc(O)c4)c4ccccc4)OB(O)C[C@@H]32)C(=O)N1c1cccc(B(O)O)c1. The number of allylic oxidation sites excluding steroid dienone is 1. The maximum absolute atomic E-state index is 14.2. The molecule has 11 heteroatoms. The number of phenolic OH excluding ortho intramolecular Hbond substituents is 1. The van der Waals surface area contributed by atoms with E-state index in [0.717, 1.165) is 32.7 Å². The Bertz CT molecular complexity index is 1930. The molecule has 2 amide bonds. The number of carbonyl (C=O) groups is 2. The van der Waals surface area contributed by atoms with Crippen LogP contribution in [0.25, 0.3) is 11.6 Å². The Morgan fingerprint density at radius 1 is 0.900 bits per heavy atom. The first-order valence-electron chi connectivity index (χ1n) is 16.9. The summed E-state index contributed by atoms with van der Waals surface area (Å²) in [5.41, 5.74) is 5.07. The topological polar surface area (TPSA) is 137 Å².